The zero-order valence-corrected chi connectivity index (χ0v) is 11.5. The van der Waals surface area contributed by atoms with Crippen molar-refractivity contribution in [2.45, 2.75) is 6.92 Å². The van der Waals surface area contributed by atoms with Crippen molar-refractivity contribution in [3.63, 3.8) is 0 Å². The molecular weight excluding hydrogens is 219 g/mol. The molecule has 1 aromatic rings. The molecule has 0 amide bonds. The molecule has 0 aliphatic heterocycles. The third-order valence-corrected chi connectivity index (χ3v) is 1.81. The molecule has 0 N–H and O–H groups in total. The number of hydrogen-bond acceptors (Lipinski definition) is 1. The molecule has 0 aliphatic carbocycles. The van der Waals surface area contributed by atoms with Gasteiger partial charge in [-0.2, -0.15) is 0 Å². The molecule has 1 aromatic carbocycles. The summed E-state index contributed by atoms with van der Waals surface area (Å²) in [5.74, 6) is 0.275. The number of halogens is 3. The van der Waals surface area contributed by atoms with E-state index in [9.17, 15) is 12.9 Å². The van der Waals surface area contributed by atoms with E-state index in [4.69, 9.17) is 4.74 Å². The third-order valence-electron chi connectivity index (χ3n) is 1.81. The Morgan fingerprint density at radius 2 is 1.79 bits per heavy atom. The Bertz CT molecular complexity index is 314. The van der Waals surface area contributed by atoms with Crippen LogP contribution in [0.5, 0.6) is 5.75 Å². The van der Waals surface area contributed by atoms with Crippen molar-refractivity contribution in [1.29, 1.82) is 0 Å². The van der Waals surface area contributed by atoms with Gasteiger partial charge in [-0.05, 0) is 18.6 Å². The molecule has 1 rings (SSSR count). The number of hydrogen-bond donors (Lipinski definition) is 0. The fourth-order valence-corrected chi connectivity index (χ4v) is 1.04. The Morgan fingerprint density at radius 3 is 2.21 bits per heavy atom. The van der Waals surface area contributed by atoms with Crippen LogP contribution in [0, 0.1) is 6.92 Å². The van der Waals surface area contributed by atoms with E-state index in [-0.39, 0.29) is 57.1 Å². The Balaban J connectivity index is 0.00000169. The fraction of sp³-hybridized carbons (Fsp3) is 0.250. The van der Waals surface area contributed by atoms with E-state index in [1.54, 1.807) is 6.92 Å². The van der Waals surface area contributed by atoms with Crippen LogP contribution in [0.1, 0.15) is 5.56 Å². The average molecular weight is 228 g/mol. The molecule has 0 unspecified atom stereocenters. The Labute approximate surface area is 123 Å². The van der Waals surface area contributed by atoms with Gasteiger partial charge in [-0.25, -0.2) is 0 Å². The second-order valence-electron chi connectivity index (χ2n) is 2.80. The normalized spacial score (nSPS) is 10.6. The summed E-state index contributed by atoms with van der Waals surface area (Å²) in [7, 11) is 1.36. The summed E-state index contributed by atoms with van der Waals surface area (Å²) in [6.45, 7) is -3.22. The summed E-state index contributed by atoms with van der Waals surface area (Å²) in [6.07, 6.45) is 0. The molecule has 0 spiro atoms. The Morgan fingerprint density at radius 1 is 1.21 bits per heavy atom. The van der Waals surface area contributed by atoms with Crippen LogP contribution >= 0.6 is 0 Å². The van der Waals surface area contributed by atoms with Gasteiger partial charge in [-0.1, -0.05) is 12.1 Å². The topological polar surface area (TPSA) is 9.23 Å². The van der Waals surface area contributed by atoms with E-state index in [2.05, 4.69) is 0 Å². The quantitative estimate of drug-likeness (QED) is 0.594. The SMILES string of the molecule is COc1cc([B-](F)(F)F)ccc1C.[K+]. The smallest absolute Gasteiger partial charge is 0.497 e. The van der Waals surface area contributed by atoms with Gasteiger partial charge < -0.3 is 17.7 Å². The van der Waals surface area contributed by atoms with Crippen LogP contribution in [0.15, 0.2) is 18.2 Å². The van der Waals surface area contributed by atoms with Crippen LogP contribution in [-0.4, -0.2) is 14.1 Å². The standard InChI is InChI=1S/C8H9BF3O.K/c1-6-3-4-7(9(10,11)12)5-8(6)13-2;/h3-5H,1-2H3;/q-1;+1. The minimum atomic E-state index is -4.93. The summed E-state index contributed by atoms with van der Waals surface area (Å²) < 4.78 is 41.5. The van der Waals surface area contributed by atoms with Crippen LogP contribution in [0.3, 0.4) is 0 Å². The van der Waals surface area contributed by atoms with Crippen molar-refractivity contribution in [3.05, 3.63) is 23.8 Å². The van der Waals surface area contributed by atoms with E-state index >= 15 is 0 Å². The first-order chi connectivity index (χ1) is 5.95. The van der Waals surface area contributed by atoms with Gasteiger partial charge in [0.05, 0.1) is 7.11 Å². The molecule has 0 atom stereocenters. The summed E-state index contributed by atoms with van der Waals surface area (Å²) in [6, 6.07) is 3.50. The number of rotatable bonds is 2. The van der Waals surface area contributed by atoms with E-state index in [0.29, 0.717) is 5.56 Å². The van der Waals surface area contributed by atoms with Crippen molar-refractivity contribution in [2.24, 2.45) is 0 Å². The third kappa shape index (κ3) is 3.58. The molecule has 0 heterocycles. The van der Waals surface area contributed by atoms with Crippen molar-refractivity contribution in [3.8, 4) is 5.75 Å². The van der Waals surface area contributed by atoms with Crippen molar-refractivity contribution < 1.29 is 69.1 Å². The van der Waals surface area contributed by atoms with Crippen LogP contribution in [0.25, 0.3) is 0 Å². The number of benzene rings is 1. The number of aryl methyl sites for hydroxylation is 1. The van der Waals surface area contributed by atoms with Crippen LogP contribution in [0.4, 0.5) is 12.9 Å². The number of methoxy groups -OCH3 is 1. The minimum Gasteiger partial charge on any atom is -0.497 e. The monoisotopic (exact) mass is 228 g/mol. The summed E-state index contributed by atoms with van der Waals surface area (Å²) in [5.41, 5.74) is 0.0775. The second kappa shape index (κ2) is 5.56. The average Bonchev–Trinajstić information content (AvgIpc) is 2.03. The van der Waals surface area contributed by atoms with Crippen LogP contribution in [-0.2, 0) is 0 Å². The largest absolute Gasteiger partial charge is 1.00 e. The van der Waals surface area contributed by atoms with Gasteiger partial charge in [0, 0.05) is 0 Å². The molecule has 6 heteroatoms. The number of ether oxygens (including phenoxy) is 1. The van der Waals surface area contributed by atoms with Gasteiger partial charge in [0.25, 0.3) is 0 Å². The predicted octanol–water partition coefficient (Wildman–Crippen LogP) is -0.938. The first kappa shape index (κ1) is 14.5. The zero-order chi connectivity index (χ0) is 10.1. The molecule has 72 valence electrons. The maximum atomic E-state index is 12.2. The van der Waals surface area contributed by atoms with Gasteiger partial charge in [0.1, 0.15) is 5.75 Å². The maximum Gasteiger partial charge on any atom is 1.00 e. The summed E-state index contributed by atoms with van der Waals surface area (Å²) in [5, 5.41) is 0. The van der Waals surface area contributed by atoms with E-state index in [0.717, 1.165) is 12.1 Å². The molecule has 0 saturated carbocycles. The van der Waals surface area contributed by atoms with Crippen molar-refractivity contribution >= 4 is 12.4 Å². The Kier molecular flexibility index (Phi) is 5.76. The predicted molar refractivity (Wildman–Crippen MR) is 46.4 cm³/mol. The second-order valence-corrected chi connectivity index (χ2v) is 2.80. The van der Waals surface area contributed by atoms with Gasteiger partial charge >= 0.3 is 58.4 Å². The van der Waals surface area contributed by atoms with Crippen LogP contribution < -0.4 is 61.6 Å². The first-order valence-corrected chi connectivity index (χ1v) is 3.79. The molecule has 14 heavy (non-hydrogen) atoms. The molecule has 0 fully saturated rings. The molecule has 1 nitrogen and oxygen atoms in total. The summed E-state index contributed by atoms with van der Waals surface area (Å²) in [4.78, 5) is 0. The molecule has 0 aliphatic rings. The maximum absolute atomic E-state index is 12.2. The van der Waals surface area contributed by atoms with Gasteiger partial charge in [-0.15, -0.1) is 5.46 Å². The van der Waals surface area contributed by atoms with Gasteiger partial charge in [0.15, 0.2) is 0 Å². The van der Waals surface area contributed by atoms with E-state index < -0.39 is 12.4 Å². The van der Waals surface area contributed by atoms with Crippen molar-refractivity contribution in [2.75, 3.05) is 7.11 Å². The summed E-state index contributed by atoms with van der Waals surface area (Å²) >= 11 is 0. The molecule has 0 aromatic heterocycles. The Hall–Kier alpha value is 0.511. The first-order valence-electron chi connectivity index (χ1n) is 3.79. The van der Waals surface area contributed by atoms with E-state index in [1.165, 1.54) is 13.2 Å². The molecule has 0 bridgehead atoms. The minimum absolute atomic E-state index is 0. The van der Waals surface area contributed by atoms with E-state index in [1.807, 2.05) is 0 Å². The van der Waals surface area contributed by atoms with Gasteiger partial charge in [0.2, 0.25) is 0 Å². The van der Waals surface area contributed by atoms with Crippen LogP contribution in [0.2, 0.25) is 0 Å². The van der Waals surface area contributed by atoms with Crippen molar-refractivity contribution in [1.82, 2.24) is 0 Å². The molecule has 0 saturated heterocycles. The van der Waals surface area contributed by atoms with Gasteiger partial charge in [-0.3, -0.25) is 0 Å². The molecular formula is C8H9BF3KO. The molecule has 0 radical (unpaired) electrons. The zero-order valence-electron chi connectivity index (χ0n) is 8.35. The fourth-order valence-electron chi connectivity index (χ4n) is 1.04.